The molecular formula is C21H19N3O2. The third-order valence-corrected chi connectivity index (χ3v) is 7.08. The van der Waals surface area contributed by atoms with Gasteiger partial charge in [-0.25, -0.2) is 0 Å². The van der Waals surface area contributed by atoms with Crippen molar-refractivity contribution in [3.8, 4) is 0 Å². The molecule has 1 aromatic carbocycles. The van der Waals surface area contributed by atoms with Crippen molar-refractivity contribution in [1.29, 1.82) is 0 Å². The fourth-order valence-corrected chi connectivity index (χ4v) is 5.76. The summed E-state index contributed by atoms with van der Waals surface area (Å²) in [4.78, 5) is 29.2. The second-order valence-corrected chi connectivity index (χ2v) is 8.16. The van der Waals surface area contributed by atoms with Crippen molar-refractivity contribution < 1.29 is 9.59 Å². The Morgan fingerprint density at radius 2 is 1.77 bits per heavy atom. The van der Waals surface area contributed by atoms with E-state index in [4.69, 9.17) is 0 Å². The minimum atomic E-state index is -0.193. The van der Waals surface area contributed by atoms with Crippen LogP contribution in [-0.2, 0) is 9.59 Å². The van der Waals surface area contributed by atoms with Crippen molar-refractivity contribution in [3.63, 3.8) is 0 Å². The molecule has 3 fully saturated rings. The van der Waals surface area contributed by atoms with Gasteiger partial charge in [-0.1, -0.05) is 30.4 Å². The lowest BCUT2D eigenvalue weighted by molar-refractivity contribution is -0.141. The van der Waals surface area contributed by atoms with E-state index in [1.807, 2.05) is 31.2 Å². The van der Waals surface area contributed by atoms with E-state index >= 15 is 0 Å². The number of hydrazone groups is 1. The topological polar surface area (TPSA) is 65.5 Å². The molecule has 1 aromatic heterocycles. The number of aromatic amines is 1. The minimum absolute atomic E-state index is 0.114. The maximum atomic E-state index is 13.0. The zero-order chi connectivity index (χ0) is 17.6. The number of benzene rings is 1. The van der Waals surface area contributed by atoms with Crippen LogP contribution in [0, 0.1) is 36.0 Å². The van der Waals surface area contributed by atoms with Gasteiger partial charge in [0.1, 0.15) is 0 Å². The third kappa shape index (κ3) is 1.55. The van der Waals surface area contributed by atoms with Gasteiger partial charge < -0.3 is 4.98 Å². The Morgan fingerprint density at radius 3 is 2.42 bits per heavy atom. The number of carbonyl (C=O) groups is 2. The molecule has 130 valence electrons. The van der Waals surface area contributed by atoms with Gasteiger partial charge in [0.25, 0.3) is 11.8 Å². The summed E-state index contributed by atoms with van der Waals surface area (Å²) in [6, 6.07) is 7.98. The summed E-state index contributed by atoms with van der Waals surface area (Å²) in [6.07, 6.45) is 8.33. The van der Waals surface area contributed by atoms with Crippen molar-refractivity contribution >= 4 is 28.9 Å². The second-order valence-electron chi connectivity index (χ2n) is 8.16. The molecule has 1 aliphatic heterocycles. The van der Waals surface area contributed by atoms with Gasteiger partial charge in [-0.05, 0) is 43.1 Å². The highest BCUT2D eigenvalue weighted by Gasteiger charge is 2.73. The lowest BCUT2D eigenvalue weighted by Crippen LogP contribution is -2.30. The zero-order valence-corrected chi connectivity index (χ0v) is 14.5. The number of amides is 2. The van der Waals surface area contributed by atoms with Crippen LogP contribution in [0.15, 0.2) is 41.5 Å². The van der Waals surface area contributed by atoms with E-state index in [9.17, 15) is 9.59 Å². The highest BCUT2D eigenvalue weighted by Crippen LogP contribution is 2.73. The molecule has 4 atom stereocenters. The number of aryl methyl sites for hydroxylation is 1. The maximum Gasteiger partial charge on any atom is 0.254 e. The number of H-pyrrole nitrogens is 1. The average Bonchev–Trinajstić information content (AvgIpc) is 3.10. The average molecular weight is 345 g/mol. The summed E-state index contributed by atoms with van der Waals surface area (Å²) in [5.74, 6) is -0.135. The number of imide groups is 1. The number of para-hydroxylation sites is 1. The number of hydrogen-bond acceptors (Lipinski definition) is 3. The first kappa shape index (κ1) is 14.5. The summed E-state index contributed by atoms with van der Waals surface area (Å²) in [5.41, 5.74) is 3.16. The van der Waals surface area contributed by atoms with Gasteiger partial charge in [-0.3, -0.25) is 9.59 Å². The highest BCUT2D eigenvalue weighted by molar-refractivity contribution is 6.08. The smallest absolute Gasteiger partial charge is 0.254 e. The van der Waals surface area contributed by atoms with Crippen LogP contribution in [0.3, 0.4) is 0 Å². The zero-order valence-electron chi connectivity index (χ0n) is 14.5. The van der Waals surface area contributed by atoms with E-state index in [0.717, 1.165) is 40.0 Å². The fraction of sp³-hybridized carbons (Fsp3) is 0.381. The largest absolute Gasteiger partial charge is 0.358 e. The number of carbonyl (C=O) groups excluding carboxylic acids is 2. The monoisotopic (exact) mass is 345 g/mol. The van der Waals surface area contributed by atoms with Gasteiger partial charge in [0.2, 0.25) is 0 Å². The molecule has 2 amide bonds. The molecule has 5 heteroatoms. The van der Waals surface area contributed by atoms with Crippen LogP contribution in [-0.4, -0.2) is 28.0 Å². The molecule has 0 unspecified atom stereocenters. The van der Waals surface area contributed by atoms with E-state index in [1.165, 1.54) is 0 Å². The molecule has 2 heterocycles. The van der Waals surface area contributed by atoms with Crippen LogP contribution >= 0.6 is 0 Å². The Kier molecular flexibility index (Phi) is 2.52. The van der Waals surface area contributed by atoms with Crippen LogP contribution in [0.1, 0.15) is 24.1 Å². The molecule has 1 spiro atoms. The number of allylic oxidation sites excluding steroid dienone is 2. The Labute approximate surface area is 150 Å². The van der Waals surface area contributed by atoms with Gasteiger partial charge in [-0.2, -0.15) is 10.1 Å². The molecule has 2 saturated carbocycles. The molecule has 5 nitrogen and oxygen atoms in total. The van der Waals surface area contributed by atoms with Crippen molar-refractivity contribution in [3.05, 3.63) is 47.7 Å². The number of aromatic nitrogens is 1. The highest BCUT2D eigenvalue weighted by atomic mass is 16.2. The van der Waals surface area contributed by atoms with E-state index in [0.29, 0.717) is 0 Å². The number of fused-ring (bicyclic) bond motifs is 4. The quantitative estimate of drug-likeness (QED) is 0.516. The summed E-state index contributed by atoms with van der Waals surface area (Å²) in [7, 11) is 0. The summed E-state index contributed by atoms with van der Waals surface area (Å²) in [5, 5.41) is 6.53. The fourth-order valence-electron chi connectivity index (χ4n) is 5.76. The maximum absolute atomic E-state index is 13.0. The number of rotatable bonds is 2. The van der Waals surface area contributed by atoms with Gasteiger partial charge in [-0.15, -0.1) is 0 Å². The predicted octanol–water partition coefficient (Wildman–Crippen LogP) is 3.01. The van der Waals surface area contributed by atoms with E-state index in [1.54, 1.807) is 6.21 Å². The van der Waals surface area contributed by atoms with Gasteiger partial charge in [0.05, 0.1) is 18.1 Å². The summed E-state index contributed by atoms with van der Waals surface area (Å²) >= 11 is 0. The number of nitrogens with zero attached hydrogens (tertiary/aromatic N) is 2. The van der Waals surface area contributed by atoms with Gasteiger partial charge in [0, 0.05) is 22.2 Å². The standard InChI is InChI=1S/C21H19N3O2/c1-11-13(12-4-2-3-5-16(12)23-11)10-22-24-19(25)17-14-6-7-15(18(17)20(24)26)21(14)8-9-21/h2-7,10,14-15,17-18,23H,8-9H2,1H3/b22-10+/t14-,15+,17-,18+. The third-order valence-electron chi connectivity index (χ3n) is 7.08. The van der Waals surface area contributed by atoms with Crippen LogP contribution in [0.2, 0.25) is 0 Å². The molecule has 2 aromatic rings. The number of nitrogens with one attached hydrogen (secondary N) is 1. The van der Waals surface area contributed by atoms with Crippen LogP contribution < -0.4 is 0 Å². The van der Waals surface area contributed by atoms with E-state index < -0.39 is 0 Å². The Bertz CT molecular complexity index is 1010. The molecule has 2 bridgehead atoms. The predicted molar refractivity (Wildman–Crippen MR) is 97.2 cm³/mol. The lowest BCUT2D eigenvalue weighted by Gasteiger charge is -2.18. The first-order valence-electron chi connectivity index (χ1n) is 9.29. The van der Waals surface area contributed by atoms with E-state index in [-0.39, 0.29) is 40.9 Å². The van der Waals surface area contributed by atoms with Crippen LogP contribution in [0.5, 0.6) is 0 Å². The molecule has 0 radical (unpaired) electrons. The Hall–Kier alpha value is -2.69. The minimum Gasteiger partial charge on any atom is -0.358 e. The summed E-state index contributed by atoms with van der Waals surface area (Å²) in [6.45, 7) is 1.98. The first-order valence-corrected chi connectivity index (χ1v) is 9.29. The molecule has 3 aliphatic carbocycles. The van der Waals surface area contributed by atoms with Gasteiger partial charge >= 0.3 is 0 Å². The van der Waals surface area contributed by atoms with Crippen molar-refractivity contribution in [2.75, 3.05) is 0 Å². The van der Waals surface area contributed by atoms with Crippen LogP contribution in [0.25, 0.3) is 10.9 Å². The molecule has 4 aliphatic rings. The van der Waals surface area contributed by atoms with E-state index in [2.05, 4.69) is 22.2 Å². The second kappa shape index (κ2) is 4.53. The molecule has 1 N–H and O–H groups in total. The SMILES string of the molecule is Cc1[nH]c2ccccc2c1/C=N/N1C(=O)[C@@H]2[C@H](C1=O)[C@H]1C=C[C@@H]2C12CC2. The molecule has 26 heavy (non-hydrogen) atoms. The Balaban J connectivity index is 1.36. The first-order chi connectivity index (χ1) is 12.6. The van der Waals surface area contributed by atoms with Gasteiger partial charge in [0.15, 0.2) is 0 Å². The van der Waals surface area contributed by atoms with Crippen molar-refractivity contribution in [1.82, 2.24) is 9.99 Å². The van der Waals surface area contributed by atoms with Crippen molar-refractivity contribution in [2.45, 2.75) is 19.8 Å². The molecule has 6 rings (SSSR count). The normalized spacial score (nSPS) is 33.3. The molecule has 1 saturated heterocycles. The van der Waals surface area contributed by atoms with Crippen molar-refractivity contribution in [2.24, 2.45) is 34.2 Å². The number of hydrogen-bond donors (Lipinski definition) is 1. The lowest BCUT2D eigenvalue weighted by atomic mass is 9.85. The summed E-state index contributed by atoms with van der Waals surface area (Å²) < 4.78 is 0. The molecular weight excluding hydrogens is 326 g/mol. The Morgan fingerprint density at radius 1 is 1.12 bits per heavy atom. The van der Waals surface area contributed by atoms with Crippen LogP contribution in [0.4, 0.5) is 0 Å².